The molecule has 1 aliphatic heterocycles. The molecule has 3 unspecified atom stereocenters. The maximum Gasteiger partial charge on any atom is 0.237 e. The molecule has 20 heavy (non-hydrogen) atoms. The van der Waals surface area contributed by atoms with Crippen LogP contribution in [0.15, 0.2) is 4.52 Å². The lowest BCUT2D eigenvalue weighted by Crippen LogP contribution is -2.43. The third-order valence-electron chi connectivity index (χ3n) is 4.17. The Morgan fingerprint density at radius 1 is 1.45 bits per heavy atom. The van der Waals surface area contributed by atoms with Gasteiger partial charge in [0.1, 0.15) is 0 Å². The number of carbonyl (C=O) groups excluding carboxylic acids is 1. The summed E-state index contributed by atoms with van der Waals surface area (Å²) in [6.45, 7) is 2.07. The molecule has 0 aromatic carbocycles. The Balaban J connectivity index is 0.00000147. The van der Waals surface area contributed by atoms with E-state index in [4.69, 9.17) is 4.52 Å². The van der Waals surface area contributed by atoms with Gasteiger partial charge < -0.3 is 15.2 Å². The Morgan fingerprint density at radius 3 is 2.95 bits per heavy atom. The highest BCUT2D eigenvalue weighted by atomic mass is 35.5. The summed E-state index contributed by atoms with van der Waals surface area (Å²) in [5.41, 5.74) is 0. The number of fused-ring (bicyclic) bond motifs is 1. The lowest BCUT2D eigenvalue weighted by molar-refractivity contribution is -0.123. The first-order valence-electron chi connectivity index (χ1n) is 7.05. The molecular weight excluding hydrogens is 280 g/mol. The van der Waals surface area contributed by atoms with E-state index in [0.29, 0.717) is 30.2 Å². The van der Waals surface area contributed by atoms with E-state index < -0.39 is 0 Å². The first-order chi connectivity index (χ1) is 9.22. The molecule has 2 fully saturated rings. The summed E-state index contributed by atoms with van der Waals surface area (Å²) in [4.78, 5) is 16.2. The number of aromatic nitrogens is 2. The van der Waals surface area contributed by atoms with E-state index in [1.807, 2.05) is 0 Å². The molecule has 2 aliphatic rings. The SMILES string of the molecule is Cc1nc(CNC(=O)C2CC3CCCCC3N2)no1.Cl. The van der Waals surface area contributed by atoms with Gasteiger partial charge in [-0.1, -0.05) is 18.0 Å². The van der Waals surface area contributed by atoms with Gasteiger partial charge in [-0.3, -0.25) is 4.79 Å². The van der Waals surface area contributed by atoms with Crippen LogP contribution in [0.25, 0.3) is 0 Å². The van der Waals surface area contributed by atoms with Crippen molar-refractivity contribution < 1.29 is 9.32 Å². The molecule has 0 bridgehead atoms. The van der Waals surface area contributed by atoms with Crippen molar-refractivity contribution in [1.82, 2.24) is 20.8 Å². The van der Waals surface area contributed by atoms with Crippen molar-refractivity contribution in [3.05, 3.63) is 11.7 Å². The molecule has 1 saturated carbocycles. The highest BCUT2D eigenvalue weighted by molar-refractivity contribution is 5.85. The Kier molecular flexibility index (Phi) is 4.99. The third kappa shape index (κ3) is 3.30. The molecular formula is C13H21ClN4O2. The number of aryl methyl sites for hydroxylation is 1. The molecule has 2 heterocycles. The maximum atomic E-state index is 12.1. The second kappa shape index (κ2) is 6.54. The summed E-state index contributed by atoms with van der Waals surface area (Å²) in [6.07, 6.45) is 6.01. The van der Waals surface area contributed by atoms with Crippen molar-refractivity contribution in [2.24, 2.45) is 5.92 Å². The number of hydrogen-bond acceptors (Lipinski definition) is 5. The molecule has 7 heteroatoms. The van der Waals surface area contributed by atoms with Crippen LogP contribution in [0, 0.1) is 12.8 Å². The predicted octanol–water partition coefficient (Wildman–Crippen LogP) is 1.34. The molecule has 0 radical (unpaired) electrons. The normalized spacial score (nSPS) is 28.6. The van der Waals surface area contributed by atoms with Crippen molar-refractivity contribution >= 4 is 18.3 Å². The minimum absolute atomic E-state index is 0. The first-order valence-corrected chi connectivity index (χ1v) is 7.05. The molecule has 3 rings (SSSR count). The number of hydrogen-bond donors (Lipinski definition) is 2. The minimum atomic E-state index is -0.0545. The summed E-state index contributed by atoms with van der Waals surface area (Å²) >= 11 is 0. The van der Waals surface area contributed by atoms with Gasteiger partial charge in [-0.15, -0.1) is 12.4 Å². The summed E-state index contributed by atoms with van der Waals surface area (Å²) in [5, 5.41) is 10.1. The van der Waals surface area contributed by atoms with Crippen molar-refractivity contribution in [1.29, 1.82) is 0 Å². The van der Waals surface area contributed by atoms with Gasteiger partial charge in [-0.05, 0) is 25.2 Å². The number of rotatable bonds is 3. The molecule has 1 aliphatic carbocycles. The van der Waals surface area contributed by atoms with Gasteiger partial charge >= 0.3 is 0 Å². The topological polar surface area (TPSA) is 80.0 Å². The van der Waals surface area contributed by atoms with Crippen LogP contribution in [0.3, 0.4) is 0 Å². The zero-order valence-corrected chi connectivity index (χ0v) is 12.4. The Labute approximate surface area is 124 Å². The number of nitrogens with one attached hydrogen (secondary N) is 2. The average Bonchev–Trinajstić information content (AvgIpc) is 3.01. The summed E-state index contributed by atoms with van der Waals surface area (Å²) in [5.74, 6) is 1.78. The largest absolute Gasteiger partial charge is 0.347 e. The molecule has 0 spiro atoms. The van der Waals surface area contributed by atoms with Crippen molar-refractivity contribution in [2.45, 2.75) is 57.7 Å². The fraction of sp³-hybridized carbons (Fsp3) is 0.769. The molecule has 1 amide bonds. The van der Waals surface area contributed by atoms with Gasteiger partial charge in [0.2, 0.25) is 11.8 Å². The molecule has 112 valence electrons. The van der Waals surface area contributed by atoms with Gasteiger partial charge in [0, 0.05) is 13.0 Å². The van der Waals surface area contributed by atoms with Gasteiger partial charge in [0.15, 0.2) is 5.82 Å². The number of halogens is 1. The van der Waals surface area contributed by atoms with Gasteiger partial charge in [0.25, 0.3) is 0 Å². The molecule has 1 aromatic heterocycles. The van der Waals surface area contributed by atoms with Gasteiger partial charge in [-0.25, -0.2) is 0 Å². The Morgan fingerprint density at radius 2 is 2.25 bits per heavy atom. The van der Waals surface area contributed by atoms with Crippen molar-refractivity contribution in [3.63, 3.8) is 0 Å². The summed E-state index contributed by atoms with van der Waals surface area (Å²) < 4.78 is 4.87. The summed E-state index contributed by atoms with van der Waals surface area (Å²) in [7, 11) is 0. The Bertz CT molecular complexity index is 451. The zero-order chi connectivity index (χ0) is 13.2. The van der Waals surface area contributed by atoms with Gasteiger partial charge in [0.05, 0.1) is 12.6 Å². The van der Waals surface area contributed by atoms with E-state index >= 15 is 0 Å². The fourth-order valence-electron chi connectivity index (χ4n) is 3.22. The van der Waals surface area contributed by atoms with Crippen LogP contribution in [-0.4, -0.2) is 28.1 Å². The van der Waals surface area contributed by atoms with Crippen molar-refractivity contribution in [2.75, 3.05) is 0 Å². The Hall–Kier alpha value is -1.14. The predicted molar refractivity (Wildman–Crippen MR) is 75.4 cm³/mol. The summed E-state index contributed by atoms with van der Waals surface area (Å²) in [6, 6.07) is 0.484. The van der Waals surface area contributed by atoms with Crippen LogP contribution < -0.4 is 10.6 Å². The molecule has 1 saturated heterocycles. The highest BCUT2D eigenvalue weighted by Gasteiger charge is 2.38. The van der Waals surface area contributed by atoms with Crippen LogP contribution in [0.2, 0.25) is 0 Å². The lowest BCUT2D eigenvalue weighted by Gasteiger charge is -2.24. The fourth-order valence-corrected chi connectivity index (χ4v) is 3.22. The van der Waals surface area contributed by atoms with Gasteiger partial charge in [-0.2, -0.15) is 4.98 Å². The lowest BCUT2D eigenvalue weighted by atomic mass is 9.85. The molecule has 2 N–H and O–H groups in total. The van der Waals surface area contributed by atoms with E-state index in [1.54, 1.807) is 6.92 Å². The second-order valence-electron chi connectivity index (χ2n) is 5.55. The molecule has 1 aromatic rings. The molecule has 3 atom stereocenters. The number of carbonyl (C=O) groups is 1. The smallest absolute Gasteiger partial charge is 0.237 e. The number of nitrogens with zero attached hydrogens (tertiary/aromatic N) is 2. The third-order valence-corrected chi connectivity index (χ3v) is 4.17. The quantitative estimate of drug-likeness (QED) is 0.880. The standard InChI is InChI=1S/C13H20N4O2.ClH/c1-8-15-12(17-19-8)7-14-13(18)11-6-9-4-2-3-5-10(9)16-11;/h9-11,16H,2-7H2,1H3,(H,14,18);1H. The van der Waals surface area contributed by atoms with Crippen molar-refractivity contribution in [3.8, 4) is 0 Å². The van der Waals surface area contributed by atoms with Crippen LogP contribution in [0.4, 0.5) is 0 Å². The van der Waals surface area contributed by atoms with Crippen LogP contribution in [0.1, 0.15) is 43.8 Å². The second-order valence-corrected chi connectivity index (χ2v) is 5.55. The van der Waals surface area contributed by atoms with E-state index in [0.717, 1.165) is 6.42 Å². The van der Waals surface area contributed by atoms with E-state index in [-0.39, 0.29) is 24.4 Å². The van der Waals surface area contributed by atoms with E-state index in [9.17, 15) is 4.79 Å². The highest BCUT2D eigenvalue weighted by Crippen LogP contribution is 2.33. The molecule has 6 nitrogen and oxygen atoms in total. The first kappa shape index (κ1) is 15.3. The van der Waals surface area contributed by atoms with Crippen LogP contribution >= 0.6 is 12.4 Å². The monoisotopic (exact) mass is 300 g/mol. The average molecular weight is 301 g/mol. The zero-order valence-electron chi connectivity index (χ0n) is 11.6. The number of amides is 1. The minimum Gasteiger partial charge on any atom is -0.347 e. The van der Waals surface area contributed by atoms with E-state index in [1.165, 1.54) is 25.7 Å². The maximum absolute atomic E-state index is 12.1. The van der Waals surface area contributed by atoms with E-state index in [2.05, 4.69) is 20.8 Å². The van der Waals surface area contributed by atoms with Crippen LogP contribution in [0.5, 0.6) is 0 Å². The van der Waals surface area contributed by atoms with Crippen LogP contribution in [-0.2, 0) is 11.3 Å².